The van der Waals surface area contributed by atoms with Gasteiger partial charge in [-0.3, -0.25) is 0 Å². The summed E-state index contributed by atoms with van der Waals surface area (Å²) in [5.74, 6) is 0. The average Bonchev–Trinajstić information content (AvgIpc) is 0. The molecule has 0 heterocycles. The molecule has 0 aromatic heterocycles. The molecule has 68 valence electrons. The van der Waals surface area contributed by atoms with Crippen LogP contribution >= 0.6 is 0 Å². The standard InChI is InChI=1S/2Cr.7O/q;;7*-2. The minimum absolute atomic E-state index is 0. The Kier molecular flexibility index (Phi) is 118000. The minimum atomic E-state index is 0. The molecular weight excluding hydrogens is 216 g/mol. The van der Waals surface area contributed by atoms with Gasteiger partial charge in [-0.05, 0) is 0 Å². The molecule has 0 aliphatic rings. The zero-order valence-electron chi connectivity index (χ0n) is 3.67. The molecule has 0 aliphatic heterocycles. The summed E-state index contributed by atoms with van der Waals surface area (Å²) in [6, 6.07) is 0. The van der Waals surface area contributed by atoms with E-state index in [1.807, 2.05) is 0 Å². The van der Waals surface area contributed by atoms with Crippen LogP contribution in [0, 0.1) is 0 Å². The molecule has 0 saturated carbocycles. The van der Waals surface area contributed by atoms with Gasteiger partial charge >= 0.3 is 0 Å². The van der Waals surface area contributed by atoms with Gasteiger partial charge in [0.15, 0.2) is 0 Å². The van der Waals surface area contributed by atoms with Gasteiger partial charge in [0.25, 0.3) is 0 Å². The summed E-state index contributed by atoms with van der Waals surface area (Å²) in [6.45, 7) is 0. The fraction of sp³-hybridized carbons (Fsp3) is 0. The second-order valence-corrected chi connectivity index (χ2v) is 0. The molecule has 0 amide bonds. The van der Waals surface area contributed by atoms with Crippen molar-refractivity contribution < 1.29 is 73.1 Å². The predicted octanol–water partition coefficient (Wildman–Crippen LogP) is -0.837. The second kappa shape index (κ2) is 864. The fourth-order valence-electron chi connectivity index (χ4n) is 0. The third kappa shape index (κ3) is 656. The van der Waals surface area contributed by atoms with Crippen LogP contribution in [-0.2, 0) is 73.1 Å². The van der Waals surface area contributed by atoms with E-state index in [1.165, 1.54) is 0 Å². The number of rotatable bonds is 0. The first kappa shape index (κ1) is 1230. The Morgan fingerprint density at radius 3 is 0.222 bits per heavy atom. The van der Waals surface area contributed by atoms with Gasteiger partial charge in [-0.2, -0.15) is 0 Å². The van der Waals surface area contributed by atoms with Crippen LogP contribution in [0.3, 0.4) is 0 Å². The van der Waals surface area contributed by atoms with Crippen molar-refractivity contribution in [3.8, 4) is 0 Å². The molecule has 7 nitrogen and oxygen atoms in total. The van der Waals surface area contributed by atoms with Crippen molar-refractivity contribution in [3.63, 3.8) is 0 Å². The maximum absolute atomic E-state index is 0. The Bertz CT molecular complexity index is 6.88. The van der Waals surface area contributed by atoms with E-state index in [-0.39, 0.29) is 73.1 Å². The minimum Gasteiger partial charge on any atom is -2.00 e. The SMILES string of the molecule is [Cr].[Cr].[O-2].[O-2].[O-2].[O-2].[O-2].[O-2].[O-2]. The molecule has 0 saturated heterocycles. The van der Waals surface area contributed by atoms with E-state index in [9.17, 15) is 0 Å². The van der Waals surface area contributed by atoms with Crippen molar-refractivity contribution in [3.05, 3.63) is 0 Å². The van der Waals surface area contributed by atoms with E-state index in [4.69, 9.17) is 0 Å². The van der Waals surface area contributed by atoms with Gasteiger partial charge in [-0.25, -0.2) is 0 Å². The summed E-state index contributed by atoms with van der Waals surface area (Å²) in [5, 5.41) is 0. The van der Waals surface area contributed by atoms with E-state index in [2.05, 4.69) is 0 Å². The van der Waals surface area contributed by atoms with E-state index >= 15 is 0 Å². The van der Waals surface area contributed by atoms with Gasteiger partial charge in [0.05, 0.1) is 0 Å². The van der Waals surface area contributed by atoms with E-state index in [0.29, 0.717) is 0 Å². The normalized spacial score (nSPS) is 0. The molecule has 0 aromatic rings. The Hall–Kier alpha value is 0.785. The first-order valence-corrected chi connectivity index (χ1v) is 0. The summed E-state index contributed by atoms with van der Waals surface area (Å²) >= 11 is 0. The molecule has 0 fully saturated rings. The van der Waals surface area contributed by atoms with Crippen LogP contribution in [0.15, 0.2) is 0 Å². The molecule has 0 rings (SSSR count). The summed E-state index contributed by atoms with van der Waals surface area (Å²) < 4.78 is 0. The van der Waals surface area contributed by atoms with Gasteiger partial charge in [-0.1, -0.05) is 0 Å². The molecule has 0 bridgehead atoms. The largest absolute Gasteiger partial charge is 2.00 e. The Labute approximate surface area is 73.5 Å². The van der Waals surface area contributed by atoms with Crippen LogP contribution in [0.1, 0.15) is 0 Å². The van der Waals surface area contributed by atoms with Crippen molar-refractivity contribution in [2.75, 3.05) is 0 Å². The smallest absolute Gasteiger partial charge is 0 e. The predicted molar refractivity (Wildman–Crippen MR) is 4.81 cm³/mol. The molecule has 0 aliphatic carbocycles. The summed E-state index contributed by atoms with van der Waals surface area (Å²) in [5.41, 5.74) is 0. The zero-order valence-corrected chi connectivity index (χ0v) is 6.22. The van der Waals surface area contributed by atoms with Crippen molar-refractivity contribution in [1.29, 1.82) is 0 Å². The fourth-order valence-corrected chi connectivity index (χ4v) is 0. The molecule has 0 aromatic carbocycles. The molecular formula is Cr2O7-14. The Morgan fingerprint density at radius 2 is 0.222 bits per heavy atom. The molecule has 0 N–H and O–H groups in total. The molecule has 9 heavy (non-hydrogen) atoms. The van der Waals surface area contributed by atoms with Crippen molar-refractivity contribution >= 4 is 0 Å². The van der Waals surface area contributed by atoms with Crippen LogP contribution in [0.25, 0.3) is 0 Å². The van der Waals surface area contributed by atoms with Gasteiger partial charge in [0.1, 0.15) is 0 Å². The first-order chi connectivity index (χ1) is 0. The van der Waals surface area contributed by atoms with E-state index in [1.54, 1.807) is 0 Å². The maximum Gasteiger partial charge on any atom is 0 e. The zero-order chi connectivity index (χ0) is 0. The number of hydrogen-bond donors (Lipinski definition) is 0. The third-order valence-corrected chi connectivity index (χ3v) is 0. The van der Waals surface area contributed by atoms with E-state index in [0.717, 1.165) is 0 Å². The van der Waals surface area contributed by atoms with Crippen LogP contribution in [-0.4, -0.2) is 0 Å². The van der Waals surface area contributed by atoms with E-state index < -0.39 is 0 Å². The molecule has 0 atom stereocenters. The van der Waals surface area contributed by atoms with Crippen LogP contribution in [0.5, 0.6) is 0 Å². The van der Waals surface area contributed by atoms with Gasteiger partial charge in [0, 0.05) is 34.7 Å². The summed E-state index contributed by atoms with van der Waals surface area (Å²) in [7, 11) is 0. The second-order valence-electron chi connectivity index (χ2n) is 0. The summed E-state index contributed by atoms with van der Waals surface area (Å²) in [6.07, 6.45) is 0. The van der Waals surface area contributed by atoms with Crippen molar-refractivity contribution in [2.45, 2.75) is 0 Å². The topological polar surface area (TPSA) is 200 Å². The Balaban J connectivity index is 0. The molecule has 0 spiro atoms. The average molecular weight is 216 g/mol. The number of hydrogen-bond acceptors (Lipinski definition) is 0. The molecule has 9 heteroatoms. The first-order valence-electron chi connectivity index (χ1n) is 0. The quantitative estimate of drug-likeness (QED) is 0.486. The van der Waals surface area contributed by atoms with Crippen LogP contribution in [0.4, 0.5) is 0 Å². The monoisotopic (exact) mass is 216 g/mol. The van der Waals surface area contributed by atoms with Gasteiger partial charge < -0.3 is 38.3 Å². The van der Waals surface area contributed by atoms with Gasteiger partial charge in [-0.15, -0.1) is 0 Å². The van der Waals surface area contributed by atoms with Crippen LogP contribution < -0.4 is 0 Å². The summed E-state index contributed by atoms with van der Waals surface area (Å²) in [4.78, 5) is 0. The maximum atomic E-state index is 0. The van der Waals surface area contributed by atoms with Gasteiger partial charge in [0.2, 0.25) is 0 Å². The van der Waals surface area contributed by atoms with Crippen molar-refractivity contribution in [2.24, 2.45) is 0 Å². The Morgan fingerprint density at radius 1 is 0.222 bits per heavy atom. The van der Waals surface area contributed by atoms with Crippen LogP contribution in [0.2, 0.25) is 0 Å². The molecule has 0 radical (unpaired) electrons. The third-order valence-electron chi connectivity index (χ3n) is 0. The molecule has 0 unspecified atom stereocenters. The van der Waals surface area contributed by atoms with Crippen molar-refractivity contribution in [1.82, 2.24) is 0 Å².